The predicted molar refractivity (Wildman–Crippen MR) is 95.1 cm³/mol. The van der Waals surface area contributed by atoms with E-state index < -0.39 is 0 Å². The van der Waals surface area contributed by atoms with E-state index in [0.717, 1.165) is 56.5 Å². The van der Waals surface area contributed by atoms with Gasteiger partial charge in [0.25, 0.3) is 0 Å². The zero-order chi connectivity index (χ0) is 16.9. The Morgan fingerprint density at radius 2 is 2.21 bits per heavy atom. The van der Waals surface area contributed by atoms with Gasteiger partial charge in [0, 0.05) is 5.56 Å². The summed E-state index contributed by atoms with van der Waals surface area (Å²) in [6, 6.07) is 6.40. The van der Waals surface area contributed by atoms with E-state index in [1.54, 1.807) is 0 Å². The summed E-state index contributed by atoms with van der Waals surface area (Å²) in [7, 11) is 0. The normalized spacial score (nSPS) is 26.2. The van der Waals surface area contributed by atoms with Crippen molar-refractivity contribution in [1.29, 1.82) is 0 Å². The maximum absolute atomic E-state index is 6.26. The molecule has 2 aliphatic heterocycles. The smallest absolute Gasteiger partial charge is 0.127 e. The average molecular weight is 332 g/mol. The van der Waals surface area contributed by atoms with Gasteiger partial charge >= 0.3 is 0 Å². The molecule has 0 saturated carbocycles. The Kier molecular flexibility index (Phi) is 5.71. The highest BCUT2D eigenvalue weighted by atomic mass is 16.6. The van der Waals surface area contributed by atoms with E-state index in [1.807, 2.05) is 19.1 Å². The standard InChI is InChI=1S/C18H28N4O2/c1-12(24-20)16-6-4-13-11-14(5-7-17(13)23-16)18(19)22-15-3-2-9-21-10-8-15/h5,7,11-12,15-16,21H,2-4,6,8-10,20H2,1H3,(H2,19,22)/t12-,15+,16+/m0/s1. The van der Waals surface area contributed by atoms with Gasteiger partial charge in [-0.2, -0.15) is 0 Å². The zero-order valence-electron chi connectivity index (χ0n) is 14.3. The van der Waals surface area contributed by atoms with Gasteiger partial charge in [0.1, 0.15) is 23.8 Å². The Morgan fingerprint density at radius 3 is 3.04 bits per heavy atom. The molecule has 0 aliphatic carbocycles. The molecule has 6 nitrogen and oxygen atoms in total. The molecule has 1 fully saturated rings. The lowest BCUT2D eigenvalue weighted by atomic mass is 9.97. The van der Waals surface area contributed by atoms with Crippen LogP contribution in [0.3, 0.4) is 0 Å². The molecule has 5 N–H and O–H groups in total. The predicted octanol–water partition coefficient (Wildman–Crippen LogP) is 1.51. The number of nitrogens with two attached hydrogens (primary N) is 2. The Balaban J connectivity index is 1.72. The third kappa shape index (κ3) is 4.06. The summed E-state index contributed by atoms with van der Waals surface area (Å²) >= 11 is 0. The van der Waals surface area contributed by atoms with Crippen molar-refractivity contribution in [2.75, 3.05) is 13.1 Å². The van der Waals surface area contributed by atoms with Crippen LogP contribution in [0.2, 0.25) is 0 Å². The second-order valence-corrected chi connectivity index (χ2v) is 6.71. The highest BCUT2D eigenvalue weighted by molar-refractivity contribution is 5.98. The van der Waals surface area contributed by atoms with Crippen molar-refractivity contribution in [2.45, 2.75) is 57.3 Å². The molecule has 0 aromatic heterocycles. The maximum atomic E-state index is 6.26. The summed E-state index contributed by atoms with van der Waals surface area (Å²) in [5.41, 5.74) is 8.42. The van der Waals surface area contributed by atoms with E-state index in [0.29, 0.717) is 11.9 Å². The molecule has 6 heteroatoms. The molecule has 1 saturated heterocycles. The van der Waals surface area contributed by atoms with Gasteiger partial charge in [-0.05, 0) is 75.9 Å². The third-order valence-electron chi connectivity index (χ3n) is 4.94. The fourth-order valence-electron chi connectivity index (χ4n) is 3.39. The molecule has 0 amide bonds. The number of fused-ring (bicyclic) bond motifs is 1. The number of hydrogen-bond donors (Lipinski definition) is 3. The fourth-order valence-corrected chi connectivity index (χ4v) is 3.39. The van der Waals surface area contributed by atoms with Crippen LogP contribution in [-0.2, 0) is 11.3 Å². The number of amidine groups is 1. The third-order valence-corrected chi connectivity index (χ3v) is 4.94. The van der Waals surface area contributed by atoms with Crippen LogP contribution < -0.4 is 21.7 Å². The lowest BCUT2D eigenvalue weighted by Crippen LogP contribution is -2.36. The molecule has 2 aliphatic rings. The van der Waals surface area contributed by atoms with Crippen molar-refractivity contribution in [3.63, 3.8) is 0 Å². The Hall–Kier alpha value is -1.63. The SMILES string of the molecule is C[C@H](ON)[C@H]1CCc2cc(C(N)=N[C@@H]3CCCNCC3)ccc2O1. The van der Waals surface area contributed by atoms with Crippen molar-refractivity contribution < 1.29 is 9.57 Å². The van der Waals surface area contributed by atoms with Gasteiger partial charge in [-0.25, -0.2) is 5.90 Å². The molecule has 0 spiro atoms. The lowest BCUT2D eigenvalue weighted by molar-refractivity contribution is -0.0238. The molecule has 0 bridgehead atoms. The van der Waals surface area contributed by atoms with Crippen LogP contribution >= 0.6 is 0 Å². The number of nitrogens with one attached hydrogen (secondary N) is 1. The summed E-state index contributed by atoms with van der Waals surface area (Å²) < 4.78 is 5.99. The average Bonchev–Trinajstić information content (AvgIpc) is 2.88. The fraction of sp³-hybridized carbons (Fsp3) is 0.611. The molecular weight excluding hydrogens is 304 g/mol. The van der Waals surface area contributed by atoms with Gasteiger partial charge in [-0.15, -0.1) is 0 Å². The van der Waals surface area contributed by atoms with Crippen molar-refractivity contribution in [3.05, 3.63) is 29.3 Å². The Bertz CT molecular complexity index is 582. The highest BCUT2D eigenvalue weighted by Crippen LogP contribution is 2.30. The molecular formula is C18H28N4O2. The van der Waals surface area contributed by atoms with Gasteiger partial charge in [0.2, 0.25) is 0 Å². The number of nitrogens with zero attached hydrogens (tertiary/aromatic N) is 1. The minimum Gasteiger partial charge on any atom is -0.487 e. The minimum atomic E-state index is -0.117. The Labute approximate surface area is 143 Å². The minimum absolute atomic E-state index is 0.00199. The van der Waals surface area contributed by atoms with Crippen molar-refractivity contribution >= 4 is 5.84 Å². The van der Waals surface area contributed by atoms with Crippen molar-refractivity contribution in [1.82, 2.24) is 5.32 Å². The molecule has 3 rings (SSSR count). The Morgan fingerprint density at radius 1 is 1.33 bits per heavy atom. The van der Waals surface area contributed by atoms with Gasteiger partial charge < -0.3 is 15.8 Å². The molecule has 24 heavy (non-hydrogen) atoms. The quantitative estimate of drug-likeness (QED) is 0.441. The first-order valence-corrected chi connectivity index (χ1v) is 8.87. The second kappa shape index (κ2) is 7.96. The van der Waals surface area contributed by atoms with Gasteiger partial charge in [-0.3, -0.25) is 9.83 Å². The van der Waals surface area contributed by atoms with Crippen LogP contribution in [-0.4, -0.2) is 37.2 Å². The number of aliphatic imine (C=N–C) groups is 1. The maximum Gasteiger partial charge on any atom is 0.127 e. The number of hydrogen-bond acceptors (Lipinski definition) is 5. The first-order chi connectivity index (χ1) is 11.7. The summed E-state index contributed by atoms with van der Waals surface area (Å²) in [4.78, 5) is 9.64. The van der Waals surface area contributed by atoms with E-state index >= 15 is 0 Å². The molecule has 1 aromatic rings. The summed E-state index contributed by atoms with van der Waals surface area (Å²) in [5, 5.41) is 3.40. The number of ether oxygens (including phenoxy) is 1. The first-order valence-electron chi connectivity index (χ1n) is 8.87. The van der Waals surface area contributed by atoms with Crippen LogP contribution in [0.15, 0.2) is 23.2 Å². The van der Waals surface area contributed by atoms with Gasteiger partial charge in [0.15, 0.2) is 0 Å². The van der Waals surface area contributed by atoms with Crippen LogP contribution in [0.1, 0.15) is 43.7 Å². The van der Waals surface area contributed by atoms with Crippen LogP contribution in [0.4, 0.5) is 0 Å². The summed E-state index contributed by atoms with van der Waals surface area (Å²) in [6.45, 7) is 4.02. The van der Waals surface area contributed by atoms with Crippen LogP contribution in [0.25, 0.3) is 0 Å². The molecule has 1 aromatic carbocycles. The van der Waals surface area contributed by atoms with E-state index in [-0.39, 0.29) is 12.2 Å². The molecule has 132 valence electrons. The van der Waals surface area contributed by atoms with Crippen LogP contribution in [0, 0.1) is 0 Å². The molecule has 0 unspecified atom stereocenters. The summed E-state index contributed by atoms with van der Waals surface area (Å²) in [6.07, 6.45) is 5.00. The molecule has 0 radical (unpaired) electrons. The van der Waals surface area contributed by atoms with Gasteiger partial charge in [-0.1, -0.05) is 0 Å². The van der Waals surface area contributed by atoms with Crippen molar-refractivity contribution in [2.24, 2.45) is 16.6 Å². The first kappa shape index (κ1) is 17.2. The highest BCUT2D eigenvalue weighted by Gasteiger charge is 2.25. The summed E-state index contributed by atoms with van der Waals surface area (Å²) in [5.74, 6) is 6.79. The lowest BCUT2D eigenvalue weighted by Gasteiger charge is -2.29. The van der Waals surface area contributed by atoms with E-state index in [4.69, 9.17) is 26.2 Å². The zero-order valence-corrected chi connectivity index (χ0v) is 14.3. The number of rotatable bonds is 4. The van der Waals surface area contributed by atoms with E-state index in [2.05, 4.69) is 11.4 Å². The molecule has 2 heterocycles. The monoisotopic (exact) mass is 332 g/mol. The largest absolute Gasteiger partial charge is 0.487 e. The van der Waals surface area contributed by atoms with Crippen LogP contribution in [0.5, 0.6) is 5.75 Å². The molecule has 3 atom stereocenters. The van der Waals surface area contributed by atoms with E-state index in [9.17, 15) is 0 Å². The van der Waals surface area contributed by atoms with E-state index in [1.165, 1.54) is 5.56 Å². The topological polar surface area (TPSA) is 94.9 Å². The number of aryl methyl sites for hydroxylation is 1. The number of benzene rings is 1. The van der Waals surface area contributed by atoms with Gasteiger partial charge in [0.05, 0.1) is 6.04 Å². The second-order valence-electron chi connectivity index (χ2n) is 6.71. The van der Waals surface area contributed by atoms with Crippen molar-refractivity contribution in [3.8, 4) is 5.75 Å².